The highest BCUT2D eigenvalue weighted by Gasteiger charge is 2.28. The summed E-state index contributed by atoms with van der Waals surface area (Å²) in [5.74, 6) is 1.15. The molecule has 1 aliphatic rings. The van der Waals surface area contributed by atoms with Crippen LogP contribution in [0.4, 0.5) is 0 Å². The van der Waals surface area contributed by atoms with Gasteiger partial charge in [0.2, 0.25) is 0 Å². The van der Waals surface area contributed by atoms with Crippen molar-refractivity contribution in [1.82, 2.24) is 19.6 Å². The Kier molecular flexibility index (Phi) is 4.27. The molecular formula is C16H22N4O2. The average molecular weight is 302 g/mol. The summed E-state index contributed by atoms with van der Waals surface area (Å²) in [4.78, 5) is 18.8. The van der Waals surface area contributed by atoms with Gasteiger partial charge in [0.15, 0.2) is 0 Å². The first-order valence-corrected chi connectivity index (χ1v) is 7.89. The first-order valence-electron chi connectivity index (χ1n) is 7.89. The zero-order chi connectivity index (χ0) is 15.5. The van der Waals surface area contributed by atoms with E-state index in [1.54, 1.807) is 6.20 Å². The maximum atomic E-state index is 12.8. The van der Waals surface area contributed by atoms with Crippen LogP contribution in [0.3, 0.4) is 0 Å². The molecule has 1 atom stereocenters. The Morgan fingerprint density at radius 3 is 3.09 bits per heavy atom. The van der Waals surface area contributed by atoms with Crippen molar-refractivity contribution in [2.24, 2.45) is 5.92 Å². The Morgan fingerprint density at radius 1 is 1.50 bits per heavy atom. The molecule has 1 aliphatic heterocycles. The molecule has 0 N–H and O–H groups in total. The molecule has 0 saturated carbocycles. The average Bonchev–Trinajstić information content (AvgIpc) is 3.16. The number of nitrogens with zero attached hydrogens (tertiary/aromatic N) is 4. The predicted molar refractivity (Wildman–Crippen MR) is 81.5 cm³/mol. The lowest BCUT2D eigenvalue weighted by Crippen LogP contribution is -2.41. The third kappa shape index (κ3) is 2.91. The highest BCUT2D eigenvalue weighted by Crippen LogP contribution is 2.23. The molecule has 2 aromatic rings. The van der Waals surface area contributed by atoms with Gasteiger partial charge >= 0.3 is 0 Å². The van der Waals surface area contributed by atoms with E-state index in [4.69, 9.17) is 4.52 Å². The van der Waals surface area contributed by atoms with Crippen molar-refractivity contribution in [3.63, 3.8) is 0 Å². The highest BCUT2D eigenvalue weighted by atomic mass is 16.5. The molecule has 3 heterocycles. The molecule has 0 spiro atoms. The van der Waals surface area contributed by atoms with E-state index >= 15 is 0 Å². The number of likely N-dealkylation sites (tertiary alicyclic amines) is 1. The number of imidazole rings is 1. The molecule has 0 aromatic carbocycles. The SMILES string of the molecule is CCc1noc(C)c1C(=O)N1CCCC(Cn2ccnc2)C1. The summed E-state index contributed by atoms with van der Waals surface area (Å²) < 4.78 is 7.28. The zero-order valence-corrected chi connectivity index (χ0v) is 13.2. The molecule has 2 aromatic heterocycles. The van der Waals surface area contributed by atoms with Crippen LogP contribution in [0.15, 0.2) is 23.2 Å². The van der Waals surface area contributed by atoms with Gasteiger partial charge in [-0.1, -0.05) is 12.1 Å². The Balaban J connectivity index is 1.71. The van der Waals surface area contributed by atoms with E-state index in [2.05, 4.69) is 14.7 Å². The molecule has 1 saturated heterocycles. The second-order valence-electron chi connectivity index (χ2n) is 5.93. The van der Waals surface area contributed by atoms with Crippen molar-refractivity contribution in [2.45, 2.75) is 39.7 Å². The van der Waals surface area contributed by atoms with Crippen LogP contribution in [0.5, 0.6) is 0 Å². The topological polar surface area (TPSA) is 64.2 Å². The summed E-state index contributed by atoms with van der Waals surface area (Å²) in [5, 5.41) is 4.00. The van der Waals surface area contributed by atoms with E-state index in [1.807, 2.05) is 31.3 Å². The molecule has 3 rings (SSSR count). The number of aromatic nitrogens is 3. The fourth-order valence-electron chi connectivity index (χ4n) is 3.18. The van der Waals surface area contributed by atoms with Gasteiger partial charge in [0.25, 0.3) is 5.91 Å². The quantitative estimate of drug-likeness (QED) is 0.869. The van der Waals surface area contributed by atoms with Gasteiger partial charge < -0.3 is 14.0 Å². The van der Waals surface area contributed by atoms with Crippen LogP contribution in [0.1, 0.15) is 41.6 Å². The van der Waals surface area contributed by atoms with E-state index in [0.717, 1.165) is 38.2 Å². The minimum atomic E-state index is 0.0610. The van der Waals surface area contributed by atoms with Crippen molar-refractivity contribution < 1.29 is 9.32 Å². The molecule has 6 nitrogen and oxygen atoms in total. The van der Waals surface area contributed by atoms with Gasteiger partial charge in [0.1, 0.15) is 11.3 Å². The van der Waals surface area contributed by atoms with Gasteiger partial charge in [-0.15, -0.1) is 0 Å². The van der Waals surface area contributed by atoms with Gasteiger partial charge in [-0.25, -0.2) is 4.98 Å². The monoisotopic (exact) mass is 302 g/mol. The lowest BCUT2D eigenvalue weighted by molar-refractivity contribution is 0.0659. The van der Waals surface area contributed by atoms with Gasteiger partial charge in [-0.3, -0.25) is 4.79 Å². The summed E-state index contributed by atoms with van der Waals surface area (Å²) >= 11 is 0. The number of carbonyl (C=O) groups is 1. The van der Waals surface area contributed by atoms with E-state index in [0.29, 0.717) is 23.7 Å². The minimum Gasteiger partial charge on any atom is -0.361 e. The minimum absolute atomic E-state index is 0.0610. The van der Waals surface area contributed by atoms with Gasteiger partial charge in [-0.2, -0.15) is 0 Å². The third-order valence-corrected chi connectivity index (χ3v) is 4.32. The van der Waals surface area contributed by atoms with Crippen LogP contribution >= 0.6 is 0 Å². The fourth-order valence-corrected chi connectivity index (χ4v) is 3.18. The Bertz CT molecular complexity index is 633. The molecule has 22 heavy (non-hydrogen) atoms. The largest absolute Gasteiger partial charge is 0.361 e. The standard InChI is InChI=1S/C16H22N4O2/c1-3-14-15(12(2)22-18-14)16(21)20-7-4-5-13(10-20)9-19-8-6-17-11-19/h6,8,11,13H,3-5,7,9-10H2,1-2H3. The second-order valence-corrected chi connectivity index (χ2v) is 5.93. The number of aryl methyl sites for hydroxylation is 2. The predicted octanol–water partition coefficient (Wildman–Crippen LogP) is 2.29. The summed E-state index contributed by atoms with van der Waals surface area (Å²) in [6.07, 6.45) is 8.49. The lowest BCUT2D eigenvalue weighted by atomic mass is 9.97. The molecular weight excluding hydrogens is 280 g/mol. The van der Waals surface area contributed by atoms with Crippen LogP contribution in [-0.2, 0) is 13.0 Å². The summed E-state index contributed by atoms with van der Waals surface area (Å²) in [7, 11) is 0. The van der Waals surface area contributed by atoms with E-state index in [-0.39, 0.29) is 5.91 Å². The number of hydrogen-bond donors (Lipinski definition) is 0. The number of carbonyl (C=O) groups excluding carboxylic acids is 1. The van der Waals surface area contributed by atoms with Gasteiger partial charge in [-0.05, 0) is 32.1 Å². The molecule has 1 unspecified atom stereocenters. The summed E-state index contributed by atoms with van der Waals surface area (Å²) in [6, 6.07) is 0. The van der Waals surface area contributed by atoms with Crippen molar-refractivity contribution in [2.75, 3.05) is 13.1 Å². The number of hydrogen-bond acceptors (Lipinski definition) is 4. The smallest absolute Gasteiger partial charge is 0.259 e. The van der Waals surface area contributed by atoms with Gasteiger partial charge in [0, 0.05) is 32.0 Å². The van der Waals surface area contributed by atoms with Crippen LogP contribution in [0.2, 0.25) is 0 Å². The fraction of sp³-hybridized carbons (Fsp3) is 0.562. The normalized spacial score (nSPS) is 18.6. The second kappa shape index (κ2) is 6.34. The van der Waals surface area contributed by atoms with E-state index in [1.165, 1.54) is 0 Å². The van der Waals surface area contributed by atoms with Gasteiger partial charge in [0.05, 0.1) is 12.0 Å². The third-order valence-electron chi connectivity index (χ3n) is 4.32. The Labute approximate surface area is 130 Å². The van der Waals surface area contributed by atoms with Crippen LogP contribution < -0.4 is 0 Å². The number of piperidine rings is 1. The molecule has 1 amide bonds. The van der Waals surface area contributed by atoms with Crippen molar-refractivity contribution in [3.05, 3.63) is 35.7 Å². The van der Waals surface area contributed by atoms with Crippen molar-refractivity contribution >= 4 is 5.91 Å². The number of amides is 1. The van der Waals surface area contributed by atoms with Crippen LogP contribution in [0, 0.1) is 12.8 Å². The Hall–Kier alpha value is -2.11. The first-order chi connectivity index (χ1) is 10.7. The van der Waals surface area contributed by atoms with E-state index < -0.39 is 0 Å². The highest BCUT2D eigenvalue weighted by molar-refractivity contribution is 5.96. The molecule has 1 fully saturated rings. The van der Waals surface area contributed by atoms with E-state index in [9.17, 15) is 4.79 Å². The maximum Gasteiger partial charge on any atom is 0.259 e. The van der Waals surface area contributed by atoms with Crippen LogP contribution in [-0.4, -0.2) is 38.6 Å². The maximum absolute atomic E-state index is 12.8. The van der Waals surface area contributed by atoms with Crippen LogP contribution in [0.25, 0.3) is 0 Å². The molecule has 6 heteroatoms. The molecule has 0 radical (unpaired) electrons. The first kappa shape index (κ1) is 14.8. The van der Waals surface area contributed by atoms with Crippen molar-refractivity contribution in [3.8, 4) is 0 Å². The van der Waals surface area contributed by atoms with Crippen molar-refractivity contribution in [1.29, 1.82) is 0 Å². The zero-order valence-electron chi connectivity index (χ0n) is 13.2. The molecule has 0 aliphatic carbocycles. The molecule has 118 valence electrons. The molecule has 0 bridgehead atoms. The summed E-state index contributed by atoms with van der Waals surface area (Å²) in [6.45, 7) is 6.31. The number of rotatable bonds is 4. The summed E-state index contributed by atoms with van der Waals surface area (Å²) in [5.41, 5.74) is 1.42. The Morgan fingerprint density at radius 2 is 2.36 bits per heavy atom. The lowest BCUT2D eigenvalue weighted by Gasteiger charge is -2.33.